The van der Waals surface area contributed by atoms with Crippen LogP contribution in [-0.4, -0.2) is 53.5 Å². The van der Waals surface area contributed by atoms with E-state index in [9.17, 15) is 9.59 Å². The number of thioether (sulfide) groups is 1. The fourth-order valence-corrected chi connectivity index (χ4v) is 5.50. The number of hydrogen-bond donors (Lipinski definition) is 0. The van der Waals surface area contributed by atoms with Gasteiger partial charge in [-0.1, -0.05) is 6.92 Å². The SMILES string of the molecule is CCC(=O)N1CCCN(C(=O)[C@@H]2SCCc3sccc32)CC1. The second-order valence-electron chi connectivity index (χ2n) is 5.71. The third-order valence-corrected chi connectivity index (χ3v) is 6.59. The van der Waals surface area contributed by atoms with Crippen LogP contribution in [0.1, 0.15) is 35.5 Å². The van der Waals surface area contributed by atoms with Gasteiger partial charge in [-0.25, -0.2) is 0 Å². The average Bonchev–Trinajstić information content (AvgIpc) is 2.89. The van der Waals surface area contributed by atoms with Crippen molar-refractivity contribution in [2.24, 2.45) is 0 Å². The van der Waals surface area contributed by atoms with Gasteiger partial charge in [0.1, 0.15) is 5.25 Å². The third kappa shape index (κ3) is 3.18. The smallest absolute Gasteiger partial charge is 0.240 e. The van der Waals surface area contributed by atoms with Crippen molar-refractivity contribution in [3.05, 3.63) is 21.9 Å². The Labute approximate surface area is 139 Å². The highest BCUT2D eigenvalue weighted by molar-refractivity contribution is 8.00. The minimum atomic E-state index is -0.0385. The van der Waals surface area contributed by atoms with Crippen LogP contribution in [0.3, 0.4) is 0 Å². The Morgan fingerprint density at radius 1 is 1.23 bits per heavy atom. The molecule has 0 spiro atoms. The molecule has 3 rings (SSSR count). The van der Waals surface area contributed by atoms with Gasteiger partial charge >= 0.3 is 0 Å². The summed E-state index contributed by atoms with van der Waals surface area (Å²) in [5.74, 6) is 1.45. The van der Waals surface area contributed by atoms with E-state index in [1.165, 1.54) is 10.4 Å². The van der Waals surface area contributed by atoms with Crippen LogP contribution < -0.4 is 0 Å². The average molecular weight is 338 g/mol. The van der Waals surface area contributed by atoms with Crippen LogP contribution in [-0.2, 0) is 16.0 Å². The van der Waals surface area contributed by atoms with E-state index in [4.69, 9.17) is 0 Å². The number of thiophene rings is 1. The van der Waals surface area contributed by atoms with E-state index in [-0.39, 0.29) is 17.1 Å². The van der Waals surface area contributed by atoms with Gasteiger partial charge in [-0.05, 0) is 35.6 Å². The Kier molecular flexibility index (Phi) is 5.08. The predicted octanol–water partition coefficient (Wildman–Crippen LogP) is 2.55. The van der Waals surface area contributed by atoms with E-state index in [1.54, 1.807) is 23.1 Å². The van der Waals surface area contributed by atoms with Crippen LogP contribution in [0.4, 0.5) is 0 Å². The van der Waals surface area contributed by atoms with Crippen LogP contribution in [0.2, 0.25) is 0 Å². The first-order valence-electron chi connectivity index (χ1n) is 7.95. The summed E-state index contributed by atoms with van der Waals surface area (Å²) in [5, 5.41) is 2.06. The summed E-state index contributed by atoms with van der Waals surface area (Å²) in [6, 6.07) is 2.11. The summed E-state index contributed by atoms with van der Waals surface area (Å²) in [6.07, 6.45) is 2.51. The minimum absolute atomic E-state index is 0.0385. The number of hydrogen-bond acceptors (Lipinski definition) is 4. The molecule has 1 saturated heterocycles. The molecule has 0 N–H and O–H groups in total. The number of carbonyl (C=O) groups excluding carboxylic acids is 2. The first-order chi connectivity index (χ1) is 10.7. The van der Waals surface area contributed by atoms with Crippen molar-refractivity contribution in [2.45, 2.75) is 31.4 Å². The lowest BCUT2D eigenvalue weighted by atomic mass is 10.1. The molecular formula is C16H22N2O2S2. The van der Waals surface area contributed by atoms with Crippen molar-refractivity contribution in [1.29, 1.82) is 0 Å². The van der Waals surface area contributed by atoms with Gasteiger partial charge in [0.15, 0.2) is 0 Å². The van der Waals surface area contributed by atoms with Crippen LogP contribution in [0.25, 0.3) is 0 Å². The van der Waals surface area contributed by atoms with E-state index in [2.05, 4.69) is 11.4 Å². The second-order valence-corrected chi connectivity index (χ2v) is 7.93. The zero-order valence-corrected chi connectivity index (χ0v) is 14.5. The van der Waals surface area contributed by atoms with Gasteiger partial charge < -0.3 is 9.80 Å². The van der Waals surface area contributed by atoms with Gasteiger partial charge in [-0.15, -0.1) is 23.1 Å². The lowest BCUT2D eigenvalue weighted by Crippen LogP contribution is -2.39. The summed E-state index contributed by atoms with van der Waals surface area (Å²) in [7, 11) is 0. The first-order valence-corrected chi connectivity index (χ1v) is 9.88. The molecule has 0 aromatic carbocycles. The summed E-state index contributed by atoms with van der Waals surface area (Å²) < 4.78 is 0. The Balaban J connectivity index is 1.68. The minimum Gasteiger partial charge on any atom is -0.341 e. The topological polar surface area (TPSA) is 40.6 Å². The Bertz CT molecular complexity index is 558. The molecule has 0 radical (unpaired) electrons. The number of amides is 2. The quantitative estimate of drug-likeness (QED) is 0.832. The summed E-state index contributed by atoms with van der Waals surface area (Å²) in [4.78, 5) is 30.0. The highest BCUT2D eigenvalue weighted by Crippen LogP contribution is 2.40. The van der Waals surface area contributed by atoms with Gasteiger partial charge in [0.25, 0.3) is 0 Å². The fourth-order valence-electron chi connectivity index (χ4n) is 3.13. The number of aryl methyl sites for hydroxylation is 1. The van der Waals surface area contributed by atoms with E-state index in [0.29, 0.717) is 19.5 Å². The molecule has 1 atom stereocenters. The van der Waals surface area contributed by atoms with Gasteiger partial charge in [0.05, 0.1) is 0 Å². The molecule has 0 bridgehead atoms. The van der Waals surface area contributed by atoms with E-state index >= 15 is 0 Å². The van der Waals surface area contributed by atoms with E-state index in [1.807, 2.05) is 16.7 Å². The second kappa shape index (κ2) is 7.04. The zero-order chi connectivity index (χ0) is 15.5. The van der Waals surface area contributed by atoms with Crippen LogP contribution >= 0.6 is 23.1 Å². The van der Waals surface area contributed by atoms with Crippen molar-refractivity contribution >= 4 is 34.9 Å². The Hall–Kier alpha value is -1.01. The number of rotatable bonds is 2. The molecule has 2 aliphatic heterocycles. The van der Waals surface area contributed by atoms with Gasteiger partial charge in [-0.2, -0.15) is 0 Å². The van der Waals surface area contributed by atoms with Crippen LogP contribution in [0.5, 0.6) is 0 Å². The van der Waals surface area contributed by atoms with Crippen molar-refractivity contribution in [3.8, 4) is 0 Å². The predicted molar refractivity (Wildman–Crippen MR) is 91.3 cm³/mol. The molecule has 0 saturated carbocycles. The first kappa shape index (κ1) is 15.9. The van der Waals surface area contributed by atoms with Crippen LogP contribution in [0.15, 0.2) is 11.4 Å². The maximum atomic E-state index is 12.9. The summed E-state index contributed by atoms with van der Waals surface area (Å²) in [5.41, 5.74) is 1.22. The lowest BCUT2D eigenvalue weighted by molar-refractivity contribution is -0.133. The standard InChI is InChI=1S/C16H22N2O2S2/c1-2-14(19)17-6-3-7-18(9-8-17)16(20)15-12-4-10-21-13(12)5-11-22-15/h4,10,15H,2-3,5-9,11H2,1H3/t15-/m1/s1. The fraction of sp³-hybridized carbons (Fsp3) is 0.625. The molecule has 3 heterocycles. The molecule has 0 aliphatic carbocycles. The zero-order valence-electron chi connectivity index (χ0n) is 12.9. The highest BCUT2D eigenvalue weighted by atomic mass is 32.2. The monoisotopic (exact) mass is 338 g/mol. The van der Waals surface area contributed by atoms with Gasteiger partial charge in [0.2, 0.25) is 11.8 Å². The number of carbonyl (C=O) groups is 2. The van der Waals surface area contributed by atoms with E-state index in [0.717, 1.165) is 31.7 Å². The molecule has 22 heavy (non-hydrogen) atoms. The van der Waals surface area contributed by atoms with Crippen molar-refractivity contribution in [3.63, 3.8) is 0 Å². The molecule has 2 aliphatic rings. The summed E-state index contributed by atoms with van der Waals surface area (Å²) in [6.45, 7) is 4.78. The maximum Gasteiger partial charge on any atom is 0.240 e. The van der Waals surface area contributed by atoms with Crippen molar-refractivity contribution < 1.29 is 9.59 Å². The molecule has 1 aromatic rings. The molecule has 4 nitrogen and oxygen atoms in total. The molecule has 120 valence electrons. The molecule has 0 unspecified atom stereocenters. The summed E-state index contributed by atoms with van der Waals surface area (Å²) >= 11 is 3.53. The largest absolute Gasteiger partial charge is 0.341 e. The Morgan fingerprint density at radius 3 is 2.82 bits per heavy atom. The molecule has 2 amide bonds. The third-order valence-electron chi connectivity index (χ3n) is 4.36. The highest BCUT2D eigenvalue weighted by Gasteiger charge is 2.32. The molecule has 1 aromatic heterocycles. The Morgan fingerprint density at radius 2 is 2.00 bits per heavy atom. The normalized spacial score (nSPS) is 22.1. The van der Waals surface area contributed by atoms with E-state index < -0.39 is 0 Å². The lowest BCUT2D eigenvalue weighted by Gasteiger charge is -2.28. The molecule has 1 fully saturated rings. The maximum absolute atomic E-state index is 12.9. The molecular weight excluding hydrogens is 316 g/mol. The number of fused-ring (bicyclic) bond motifs is 1. The van der Waals surface area contributed by atoms with Crippen LogP contribution in [0, 0.1) is 0 Å². The number of nitrogens with zero attached hydrogens (tertiary/aromatic N) is 2. The van der Waals surface area contributed by atoms with Gasteiger partial charge in [-0.3, -0.25) is 9.59 Å². The van der Waals surface area contributed by atoms with Crippen molar-refractivity contribution in [1.82, 2.24) is 9.80 Å². The van der Waals surface area contributed by atoms with Gasteiger partial charge in [0, 0.05) is 37.5 Å². The van der Waals surface area contributed by atoms with Crippen molar-refractivity contribution in [2.75, 3.05) is 31.9 Å². The molecule has 6 heteroatoms.